The van der Waals surface area contributed by atoms with Gasteiger partial charge in [0.05, 0.1) is 6.20 Å². The van der Waals surface area contributed by atoms with Crippen molar-refractivity contribution in [2.45, 2.75) is 27.1 Å². The summed E-state index contributed by atoms with van der Waals surface area (Å²) in [7, 11) is 1.87. The first-order chi connectivity index (χ1) is 12.4. The highest BCUT2D eigenvalue weighted by Gasteiger charge is 2.11. The maximum absolute atomic E-state index is 12.2. The third-order valence-corrected chi connectivity index (χ3v) is 4.37. The molecule has 0 saturated heterocycles. The molecule has 2 aromatic heterocycles. The highest BCUT2D eigenvalue weighted by molar-refractivity contribution is 6.30. The number of aryl methyl sites for hydroxylation is 2. The van der Waals surface area contributed by atoms with E-state index < -0.39 is 0 Å². The second-order valence-corrected chi connectivity index (χ2v) is 6.42. The van der Waals surface area contributed by atoms with Crippen LogP contribution in [0.4, 0.5) is 0 Å². The van der Waals surface area contributed by atoms with Crippen molar-refractivity contribution in [1.82, 2.24) is 24.9 Å². The Morgan fingerprint density at radius 3 is 2.81 bits per heavy atom. The smallest absolute Gasteiger partial charge is 0.272 e. The van der Waals surface area contributed by atoms with Gasteiger partial charge in [0.2, 0.25) is 0 Å². The lowest BCUT2D eigenvalue weighted by Gasteiger charge is -2.09. The maximum atomic E-state index is 12.2. The van der Waals surface area contributed by atoms with E-state index in [1.165, 1.54) is 0 Å². The summed E-state index contributed by atoms with van der Waals surface area (Å²) < 4.78 is 9.06. The third-order valence-electron chi connectivity index (χ3n) is 4.14. The molecule has 0 aliphatic heterocycles. The standard InChI is InChI=1S/C18H20ClN5O2/c1-12-8-15(19)4-5-17(12)26-11-24-7-6-16(22-24)18(25)20-9-14-10-21-23(3)13(14)2/h4-8,10H,9,11H2,1-3H3,(H,20,25). The minimum absolute atomic E-state index is 0.206. The Morgan fingerprint density at radius 1 is 1.31 bits per heavy atom. The third kappa shape index (κ3) is 4.05. The molecule has 8 heteroatoms. The molecule has 0 aliphatic rings. The molecule has 1 aromatic carbocycles. The number of nitrogens with one attached hydrogen (secondary N) is 1. The molecular weight excluding hydrogens is 354 g/mol. The molecule has 1 N–H and O–H groups in total. The van der Waals surface area contributed by atoms with E-state index in [2.05, 4.69) is 15.5 Å². The van der Waals surface area contributed by atoms with Gasteiger partial charge in [-0.2, -0.15) is 10.2 Å². The van der Waals surface area contributed by atoms with Crippen molar-refractivity contribution in [1.29, 1.82) is 0 Å². The first kappa shape index (κ1) is 18.0. The molecular formula is C18H20ClN5O2. The number of hydrogen-bond donors (Lipinski definition) is 1. The summed E-state index contributed by atoms with van der Waals surface area (Å²) in [5.74, 6) is 0.484. The van der Waals surface area contributed by atoms with Crippen LogP contribution in [0.1, 0.15) is 27.3 Å². The highest BCUT2D eigenvalue weighted by Crippen LogP contribution is 2.22. The van der Waals surface area contributed by atoms with Crippen LogP contribution in [0.25, 0.3) is 0 Å². The van der Waals surface area contributed by atoms with E-state index in [9.17, 15) is 4.79 Å². The molecule has 0 bridgehead atoms. The molecule has 0 aliphatic carbocycles. The second-order valence-electron chi connectivity index (χ2n) is 5.99. The average molecular weight is 374 g/mol. The first-order valence-electron chi connectivity index (χ1n) is 8.12. The fourth-order valence-electron chi connectivity index (χ4n) is 2.45. The number of benzene rings is 1. The zero-order valence-corrected chi connectivity index (χ0v) is 15.6. The van der Waals surface area contributed by atoms with Crippen LogP contribution in [0, 0.1) is 13.8 Å². The van der Waals surface area contributed by atoms with Gasteiger partial charge in [0.25, 0.3) is 5.91 Å². The van der Waals surface area contributed by atoms with Crippen LogP contribution < -0.4 is 10.1 Å². The van der Waals surface area contributed by atoms with Crippen LogP contribution in [-0.2, 0) is 20.3 Å². The lowest BCUT2D eigenvalue weighted by atomic mass is 10.2. The Kier molecular flexibility index (Phi) is 5.27. The van der Waals surface area contributed by atoms with Crippen molar-refractivity contribution in [3.8, 4) is 5.75 Å². The SMILES string of the molecule is Cc1cc(Cl)ccc1OCn1ccc(C(=O)NCc2cnn(C)c2C)n1. The largest absolute Gasteiger partial charge is 0.471 e. The Morgan fingerprint density at radius 2 is 2.12 bits per heavy atom. The summed E-state index contributed by atoms with van der Waals surface area (Å²) in [4.78, 5) is 12.2. The van der Waals surface area contributed by atoms with Crippen molar-refractivity contribution in [2.75, 3.05) is 0 Å². The van der Waals surface area contributed by atoms with Gasteiger partial charge in [-0.05, 0) is 43.7 Å². The predicted molar refractivity (Wildman–Crippen MR) is 98.2 cm³/mol. The van der Waals surface area contributed by atoms with E-state index in [-0.39, 0.29) is 12.6 Å². The number of aromatic nitrogens is 4. The normalized spacial score (nSPS) is 10.8. The number of amides is 1. The number of hydrogen-bond acceptors (Lipinski definition) is 4. The molecule has 136 valence electrons. The van der Waals surface area contributed by atoms with Gasteiger partial charge in [-0.25, -0.2) is 4.68 Å². The van der Waals surface area contributed by atoms with Crippen LogP contribution in [0.15, 0.2) is 36.7 Å². The van der Waals surface area contributed by atoms with Crippen LogP contribution in [-0.4, -0.2) is 25.5 Å². The lowest BCUT2D eigenvalue weighted by molar-refractivity contribution is 0.0943. The fraction of sp³-hybridized carbons (Fsp3) is 0.278. The summed E-state index contributed by atoms with van der Waals surface area (Å²) >= 11 is 5.93. The summed E-state index contributed by atoms with van der Waals surface area (Å²) in [6.45, 7) is 4.49. The lowest BCUT2D eigenvalue weighted by Crippen LogP contribution is -2.24. The van der Waals surface area contributed by atoms with Crippen molar-refractivity contribution in [2.24, 2.45) is 7.05 Å². The number of carbonyl (C=O) groups is 1. The number of carbonyl (C=O) groups excluding carboxylic acids is 1. The van der Waals surface area contributed by atoms with E-state index in [1.54, 1.807) is 33.9 Å². The minimum atomic E-state index is -0.241. The fourth-order valence-corrected chi connectivity index (χ4v) is 2.68. The predicted octanol–water partition coefficient (Wildman–Crippen LogP) is 2.85. The quantitative estimate of drug-likeness (QED) is 0.721. The van der Waals surface area contributed by atoms with Gasteiger partial charge in [0.1, 0.15) is 11.4 Å². The van der Waals surface area contributed by atoms with E-state index in [0.29, 0.717) is 17.3 Å². The zero-order chi connectivity index (χ0) is 18.7. The van der Waals surface area contributed by atoms with Gasteiger partial charge < -0.3 is 10.1 Å². The average Bonchev–Trinajstić information content (AvgIpc) is 3.20. The van der Waals surface area contributed by atoms with Crippen LogP contribution in [0.2, 0.25) is 5.02 Å². The van der Waals surface area contributed by atoms with Crippen LogP contribution in [0.5, 0.6) is 5.75 Å². The number of rotatable bonds is 6. The summed E-state index contributed by atoms with van der Waals surface area (Å²) in [6, 6.07) is 7.07. The monoisotopic (exact) mass is 373 g/mol. The Hall–Kier alpha value is -2.80. The molecule has 0 radical (unpaired) electrons. The summed E-state index contributed by atoms with van der Waals surface area (Å²) in [5.41, 5.74) is 3.27. The molecule has 0 atom stereocenters. The van der Waals surface area contributed by atoms with Crippen LogP contribution >= 0.6 is 11.6 Å². The second kappa shape index (κ2) is 7.61. The molecule has 0 saturated carbocycles. The zero-order valence-electron chi connectivity index (χ0n) is 14.9. The maximum Gasteiger partial charge on any atom is 0.272 e. The summed E-state index contributed by atoms with van der Waals surface area (Å²) in [6.07, 6.45) is 3.45. The molecule has 7 nitrogen and oxygen atoms in total. The molecule has 3 rings (SSSR count). The van der Waals surface area contributed by atoms with Crippen molar-refractivity contribution >= 4 is 17.5 Å². The van der Waals surface area contributed by atoms with Gasteiger partial charge in [0.15, 0.2) is 6.73 Å². The van der Waals surface area contributed by atoms with Gasteiger partial charge >= 0.3 is 0 Å². The molecule has 26 heavy (non-hydrogen) atoms. The topological polar surface area (TPSA) is 74.0 Å². The van der Waals surface area contributed by atoms with E-state index in [1.807, 2.05) is 33.0 Å². The summed E-state index contributed by atoms with van der Waals surface area (Å²) in [5, 5.41) is 11.9. The van der Waals surface area contributed by atoms with Gasteiger partial charge in [0, 0.05) is 36.1 Å². The molecule has 0 unspecified atom stereocenters. The Bertz CT molecular complexity index is 932. The van der Waals surface area contributed by atoms with Gasteiger partial charge in [-0.3, -0.25) is 9.48 Å². The molecule has 3 aromatic rings. The Balaban J connectivity index is 1.56. The number of ether oxygens (including phenoxy) is 1. The van der Waals surface area contributed by atoms with Crippen molar-refractivity contribution in [3.05, 3.63) is 64.2 Å². The number of nitrogens with zero attached hydrogens (tertiary/aromatic N) is 4. The van der Waals surface area contributed by atoms with Crippen molar-refractivity contribution < 1.29 is 9.53 Å². The molecule has 0 fully saturated rings. The van der Waals surface area contributed by atoms with Crippen LogP contribution in [0.3, 0.4) is 0 Å². The van der Waals surface area contributed by atoms with E-state index in [0.717, 1.165) is 22.6 Å². The molecule has 1 amide bonds. The minimum Gasteiger partial charge on any atom is -0.471 e. The van der Waals surface area contributed by atoms with Crippen molar-refractivity contribution in [3.63, 3.8) is 0 Å². The van der Waals surface area contributed by atoms with E-state index in [4.69, 9.17) is 16.3 Å². The van der Waals surface area contributed by atoms with Gasteiger partial charge in [-0.15, -0.1) is 0 Å². The van der Waals surface area contributed by atoms with E-state index >= 15 is 0 Å². The van der Waals surface area contributed by atoms with Gasteiger partial charge in [-0.1, -0.05) is 11.6 Å². The first-order valence-corrected chi connectivity index (χ1v) is 8.50. The molecule has 0 spiro atoms. The number of halogens is 1. The molecule has 2 heterocycles. The Labute approximate surface area is 156 Å². The highest BCUT2D eigenvalue weighted by atomic mass is 35.5.